The van der Waals surface area contributed by atoms with Gasteiger partial charge in [0.1, 0.15) is 16.9 Å². The summed E-state index contributed by atoms with van der Waals surface area (Å²) < 4.78 is 34.1. The average molecular weight is 415 g/mol. The number of carbonyl (C=O) groups is 1. The molecule has 1 aliphatic heterocycles. The van der Waals surface area contributed by atoms with E-state index in [1.54, 1.807) is 6.07 Å². The Morgan fingerprint density at radius 1 is 1.10 bits per heavy atom. The molecule has 1 atom stereocenters. The van der Waals surface area contributed by atoms with E-state index in [0.29, 0.717) is 16.7 Å². The van der Waals surface area contributed by atoms with E-state index < -0.39 is 21.5 Å². The maximum absolute atomic E-state index is 12.5. The first kappa shape index (κ1) is 19.4. The van der Waals surface area contributed by atoms with E-state index in [4.69, 9.17) is 8.83 Å². The molecule has 29 heavy (non-hydrogen) atoms. The molecule has 0 aliphatic carbocycles. The lowest BCUT2D eigenvalue weighted by atomic mass is 10.0. The van der Waals surface area contributed by atoms with Gasteiger partial charge in [-0.2, -0.15) is 0 Å². The number of aryl methyl sites for hydroxylation is 3. The molecule has 0 saturated carbocycles. The van der Waals surface area contributed by atoms with Gasteiger partial charge in [0.15, 0.2) is 9.84 Å². The van der Waals surface area contributed by atoms with Crippen molar-refractivity contribution in [3.05, 3.63) is 56.5 Å². The van der Waals surface area contributed by atoms with Crippen LogP contribution in [0.25, 0.3) is 21.9 Å². The first-order valence-corrected chi connectivity index (χ1v) is 11.0. The highest BCUT2D eigenvalue weighted by Gasteiger charge is 2.23. The number of benzene rings is 1. The summed E-state index contributed by atoms with van der Waals surface area (Å²) in [6.45, 7) is 5.70. The first-order chi connectivity index (χ1) is 13.6. The van der Waals surface area contributed by atoms with Crippen molar-refractivity contribution < 1.29 is 22.0 Å². The third-order valence-corrected chi connectivity index (χ3v) is 6.86. The number of amides is 1. The molecule has 0 saturated heterocycles. The number of fused-ring (bicyclic) bond motifs is 2. The summed E-state index contributed by atoms with van der Waals surface area (Å²) in [6, 6.07) is 3.15. The van der Waals surface area contributed by atoms with Crippen LogP contribution in [0.2, 0.25) is 0 Å². The molecule has 8 heteroatoms. The third-order valence-electron chi connectivity index (χ3n) is 5.46. The number of sulfone groups is 1. The molecular weight excluding hydrogens is 394 g/mol. The maximum Gasteiger partial charge on any atom is 0.339 e. The number of carbonyl (C=O) groups excluding carboxylic acids is 1. The Kier molecular flexibility index (Phi) is 4.61. The van der Waals surface area contributed by atoms with Gasteiger partial charge in [-0.05, 0) is 50.5 Å². The van der Waals surface area contributed by atoms with Gasteiger partial charge in [0.05, 0.1) is 11.8 Å². The van der Waals surface area contributed by atoms with Crippen LogP contribution in [0.3, 0.4) is 0 Å². The summed E-state index contributed by atoms with van der Waals surface area (Å²) >= 11 is 0. The number of hydrogen-bond acceptors (Lipinski definition) is 6. The SMILES string of the molecule is Cc1oc2cc3oc(=O)c(CCC(=O)NC4C=CS(=O)(=O)C4)c(C)c3cc2c1C. The standard InChI is InChI=1S/C21H21NO6S/c1-11-13(3)27-18-9-19-17(8-16(11)18)12(2)15(21(24)28-19)4-5-20(23)22-14-6-7-29(25,26)10-14/h6-9,14H,4-5,10H2,1-3H3,(H,22,23). The molecule has 3 aromatic rings. The number of rotatable bonds is 4. The number of furan rings is 1. The second-order valence-corrected chi connectivity index (χ2v) is 9.38. The molecule has 0 spiro atoms. The van der Waals surface area contributed by atoms with Crippen molar-refractivity contribution >= 4 is 37.7 Å². The van der Waals surface area contributed by atoms with Crippen LogP contribution in [0.5, 0.6) is 0 Å². The average Bonchev–Trinajstić information content (AvgIpc) is 3.11. The molecule has 3 heterocycles. The van der Waals surface area contributed by atoms with E-state index in [-0.39, 0.29) is 24.5 Å². The molecule has 1 aromatic carbocycles. The van der Waals surface area contributed by atoms with Crippen LogP contribution in [-0.2, 0) is 21.1 Å². The van der Waals surface area contributed by atoms with E-state index in [9.17, 15) is 18.0 Å². The fourth-order valence-electron chi connectivity index (χ4n) is 3.70. The van der Waals surface area contributed by atoms with Crippen LogP contribution in [0.15, 0.2) is 37.2 Å². The van der Waals surface area contributed by atoms with Crippen molar-refractivity contribution in [1.82, 2.24) is 5.32 Å². The Morgan fingerprint density at radius 3 is 2.48 bits per heavy atom. The van der Waals surface area contributed by atoms with E-state index in [0.717, 1.165) is 33.1 Å². The first-order valence-electron chi connectivity index (χ1n) is 9.31. The fraction of sp³-hybridized carbons (Fsp3) is 0.333. The lowest BCUT2D eigenvalue weighted by Gasteiger charge is -2.11. The van der Waals surface area contributed by atoms with Crippen LogP contribution in [0.1, 0.15) is 28.9 Å². The van der Waals surface area contributed by atoms with Crippen molar-refractivity contribution in [2.24, 2.45) is 0 Å². The second kappa shape index (κ2) is 6.88. The topological polar surface area (TPSA) is 107 Å². The Hall–Kier alpha value is -2.87. The summed E-state index contributed by atoms with van der Waals surface area (Å²) in [5, 5.41) is 5.55. The van der Waals surface area contributed by atoms with Gasteiger partial charge in [-0.1, -0.05) is 0 Å². The summed E-state index contributed by atoms with van der Waals surface area (Å²) in [7, 11) is -3.23. The van der Waals surface area contributed by atoms with Crippen molar-refractivity contribution in [1.29, 1.82) is 0 Å². The third kappa shape index (κ3) is 3.60. The molecule has 1 amide bonds. The summed E-state index contributed by atoms with van der Waals surface area (Å²) in [4.78, 5) is 24.7. The van der Waals surface area contributed by atoms with Crippen molar-refractivity contribution in [2.75, 3.05) is 5.75 Å². The maximum atomic E-state index is 12.5. The van der Waals surface area contributed by atoms with Gasteiger partial charge in [-0.25, -0.2) is 13.2 Å². The summed E-state index contributed by atoms with van der Waals surface area (Å²) in [5.41, 5.74) is 2.88. The van der Waals surface area contributed by atoms with Gasteiger partial charge < -0.3 is 14.2 Å². The minimum Gasteiger partial charge on any atom is -0.461 e. The Morgan fingerprint density at radius 2 is 1.79 bits per heavy atom. The Bertz CT molecular complexity index is 1340. The lowest BCUT2D eigenvalue weighted by molar-refractivity contribution is -0.121. The van der Waals surface area contributed by atoms with Gasteiger partial charge in [-0.15, -0.1) is 0 Å². The van der Waals surface area contributed by atoms with Gasteiger partial charge in [-0.3, -0.25) is 4.79 Å². The Balaban J connectivity index is 1.59. The minimum atomic E-state index is -3.23. The van der Waals surface area contributed by atoms with Crippen LogP contribution in [-0.4, -0.2) is 26.1 Å². The molecule has 0 radical (unpaired) electrons. The zero-order chi connectivity index (χ0) is 20.9. The number of hydrogen-bond donors (Lipinski definition) is 1. The van der Waals surface area contributed by atoms with Crippen molar-refractivity contribution in [2.45, 2.75) is 39.7 Å². The molecule has 1 unspecified atom stereocenters. The molecular formula is C21H21NO6S. The minimum absolute atomic E-state index is 0.0631. The molecule has 2 aromatic heterocycles. The Labute approximate surface area is 167 Å². The van der Waals surface area contributed by atoms with Gasteiger partial charge in [0, 0.05) is 34.2 Å². The predicted octanol–water partition coefficient (Wildman–Crippen LogP) is 2.82. The van der Waals surface area contributed by atoms with Crippen LogP contribution >= 0.6 is 0 Å². The van der Waals surface area contributed by atoms with Crippen molar-refractivity contribution in [3.8, 4) is 0 Å². The molecule has 1 N–H and O–H groups in total. The largest absolute Gasteiger partial charge is 0.461 e. The van der Waals surface area contributed by atoms with E-state index in [1.807, 2.05) is 26.8 Å². The van der Waals surface area contributed by atoms with E-state index in [2.05, 4.69) is 5.32 Å². The molecule has 4 rings (SSSR count). The molecule has 0 fully saturated rings. The normalized spacial score (nSPS) is 18.0. The molecule has 1 aliphatic rings. The van der Waals surface area contributed by atoms with Crippen LogP contribution < -0.4 is 10.9 Å². The van der Waals surface area contributed by atoms with Gasteiger partial charge in [0.2, 0.25) is 5.91 Å². The van der Waals surface area contributed by atoms with E-state index in [1.165, 1.54) is 6.08 Å². The van der Waals surface area contributed by atoms with Gasteiger partial charge in [0.25, 0.3) is 0 Å². The number of nitrogens with one attached hydrogen (secondary N) is 1. The molecule has 0 bridgehead atoms. The fourth-order valence-corrected chi connectivity index (χ4v) is 4.93. The lowest BCUT2D eigenvalue weighted by Crippen LogP contribution is -2.35. The van der Waals surface area contributed by atoms with Crippen LogP contribution in [0.4, 0.5) is 0 Å². The van der Waals surface area contributed by atoms with Crippen molar-refractivity contribution in [3.63, 3.8) is 0 Å². The monoisotopic (exact) mass is 415 g/mol. The highest BCUT2D eigenvalue weighted by molar-refractivity contribution is 7.94. The summed E-state index contributed by atoms with van der Waals surface area (Å²) in [6.07, 6.45) is 1.73. The predicted molar refractivity (Wildman–Crippen MR) is 110 cm³/mol. The zero-order valence-electron chi connectivity index (χ0n) is 16.4. The highest BCUT2D eigenvalue weighted by atomic mass is 32.2. The molecule has 152 valence electrons. The quantitative estimate of drug-likeness (QED) is 0.657. The summed E-state index contributed by atoms with van der Waals surface area (Å²) in [5.74, 6) is 0.373. The smallest absolute Gasteiger partial charge is 0.339 e. The van der Waals surface area contributed by atoms with Gasteiger partial charge >= 0.3 is 5.63 Å². The molecule has 7 nitrogen and oxygen atoms in total. The highest BCUT2D eigenvalue weighted by Crippen LogP contribution is 2.31. The second-order valence-electron chi connectivity index (χ2n) is 7.45. The van der Waals surface area contributed by atoms with E-state index >= 15 is 0 Å². The zero-order valence-corrected chi connectivity index (χ0v) is 17.2. The van der Waals surface area contributed by atoms with Crippen LogP contribution in [0, 0.1) is 20.8 Å².